The number of nitrogens with one attached hydrogen (secondary N) is 1. The van der Waals surface area contributed by atoms with E-state index in [4.69, 9.17) is 0 Å². The van der Waals surface area contributed by atoms with E-state index < -0.39 is 0 Å². The van der Waals surface area contributed by atoms with Gasteiger partial charge in [-0.15, -0.1) is 22.7 Å². The molecule has 0 unspecified atom stereocenters. The van der Waals surface area contributed by atoms with Gasteiger partial charge in [-0.2, -0.15) is 0 Å². The van der Waals surface area contributed by atoms with Crippen molar-refractivity contribution < 1.29 is 4.79 Å². The van der Waals surface area contributed by atoms with Crippen molar-refractivity contribution in [2.24, 2.45) is 0 Å². The summed E-state index contributed by atoms with van der Waals surface area (Å²) >= 11 is 3.11. The predicted octanol–water partition coefficient (Wildman–Crippen LogP) is 3.90. The van der Waals surface area contributed by atoms with Gasteiger partial charge in [-0.05, 0) is 13.0 Å². The summed E-state index contributed by atoms with van der Waals surface area (Å²) in [6.07, 6.45) is 3.21. The number of aryl methyl sites for hydroxylation is 1. The molecule has 1 amide bonds. The Balaban J connectivity index is 1.62. The first-order chi connectivity index (χ1) is 11.2. The zero-order chi connectivity index (χ0) is 16.1. The van der Waals surface area contributed by atoms with Crippen LogP contribution in [0.1, 0.15) is 16.3 Å². The molecule has 1 aromatic carbocycles. The molecule has 1 N–H and O–H groups in total. The monoisotopic (exact) mass is 341 g/mol. The third kappa shape index (κ3) is 4.12. The quantitative estimate of drug-likeness (QED) is 0.716. The molecule has 23 heavy (non-hydrogen) atoms. The van der Waals surface area contributed by atoms with Crippen LogP contribution in [-0.4, -0.2) is 15.9 Å². The van der Waals surface area contributed by atoms with Crippen LogP contribution in [0.3, 0.4) is 0 Å². The molecule has 2 heterocycles. The summed E-state index contributed by atoms with van der Waals surface area (Å²) in [6.45, 7) is 2.45. The third-order valence-electron chi connectivity index (χ3n) is 3.19. The molecular weight excluding hydrogens is 326 g/mol. The number of carbonyl (C=O) groups excluding carboxylic acids is 1. The first-order valence-electron chi connectivity index (χ1n) is 7.08. The molecular formula is C17H15N3OS2. The summed E-state index contributed by atoms with van der Waals surface area (Å²) in [5.74, 6) is -0.132. The van der Waals surface area contributed by atoms with Crippen LogP contribution in [0, 0.1) is 6.92 Å². The molecule has 3 aromatic rings. The molecule has 4 nitrogen and oxygen atoms in total. The first-order valence-corrected chi connectivity index (χ1v) is 8.84. The summed E-state index contributed by atoms with van der Waals surface area (Å²) in [4.78, 5) is 21.6. The molecule has 0 bridgehead atoms. The Bertz CT molecular complexity index is 808. The van der Waals surface area contributed by atoms with Gasteiger partial charge in [0.25, 0.3) is 0 Å². The number of thiazole rings is 2. The van der Waals surface area contributed by atoms with Crippen LogP contribution in [0.15, 0.2) is 47.3 Å². The van der Waals surface area contributed by atoms with Gasteiger partial charge in [-0.3, -0.25) is 4.79 Å². The van der Waals surface area contributed by atoms with Gasteiger partial charge in [0, 0.05) is 21.9 Å². The van der Waals surface area contributed by atoms with Gasteiger partial charge in [0.05, 0.1) is 23.4 Å². The van der Waals surface area contributed by atoms with Gasteiger partial charge in [0.1, 0.15) is 5.01 Å². The SMILES string of the molecule is Cc1nc(-c2ccccc2)sc1CNC(=O)C=Cc1cscn1. The van der Waals surface area contributed by atoms with Crippen LogP contribution in [0.2, 0.25) is 0 Å². The van der Waals surface area contributed by atoms with E-state index in [0.29, 0.717) is 6.54 Å². The summed E-state index contributed by atoms with van der Waals surface area (Å²) < 4.78 is 0. The second-order valence-corrected chi connectivity index (χ2v) is 6.66. The lowest BCUT2D eigenvalue weighted by Gasteiger charge is -1.99. The van der Waals surface area contributed by atoms with Gasteiger partial charge < -0.3 is 5.32 Å². The van der Waals surface area contributed by atoms with Crippen molar-refractivity contribution in [2.75, 3.05) is 0 Å². The molecule has 3 rings (SSSR count). The van der Waals surface area contributed by atoms with Crippen molar-refractivity contribution in [3.8, 4) is 10.6 Å². The molecule has 0 aliphatic heterocycles. The molecule has 0 fully saturated rings. The second kappa shape index (κ2) is 7.30. The number of hydrogen-bond acceptors (Lipinski definition) is 5. The molecule has 116 valence electrons. The van der Waals surface area contributed by atoms with Crippen molar-refractivity contribution in [1.82, 2.24) is 15.3 Å². The zero-order valence-corrected chi connectivity index (χ0v) is 14.2. The van der Waals surface area contributed by atoms with Crippen molar-refractivity contribution >= 4 is 34.7 Å². The lowest BCUT2D eigenvalue weighted by molar-refractivity contribution is -0.116. The summed E-state index contributed by atoms with van der Waals surface area (Å²) in [5, 5.41) is 5.76. The van der Waals surface area contributed by atoms with Crippen LogP contribution < -0.4 is 5.32 Å². The van der Waals surface area contributed by atoms with Gasteiger partial charge in [0.15, 0.2) is 0 Å². The molecule has 2 aromatic heterocycles. The number of carbonyl (C=O) groups is 1. The average Bonchev–Trinajstić information content (AvgIpc) is 3.21. The van der Waals surface area contributed by atoms with E-state index in [1.54, 1.807) is 22.9 Å². The Hall–Kier alpha value is -2.31. The number of aromatic nitrogens is 2. The molecule has 6 heteroatoms. The van der Waals surface area contributed by atoms with Crippen LogP contribution in [-0.2, 0) is 11.3 Å². The fourth-order valence-electron chi connectivity index (χ4n) is 1.99. The molecule has 0 atom stereocenters. The second-order valence-electron chi connectivity index (χ2n) is 4.86. The van der Waals surface area contributed by atoms with Gasteiger partial charge in [-0.25, -0.2) is 9.97 Å². The number of amides is 1. The van der Waals surface area contributed by atoms with Crippen LogP contribution in [0.5, 0.6) is 0 Å². The minimum Gasteiger partial charge on any atom is -0.348 e. The fourth-order valence-corrected chi connectivity index (χ4v) is 3.52. The topological polar surface area (TPSA) is 54.9 Å². The van der Waals surface area contributed by atoms with Crippen LogP contribution >= 0.6 is 22.7 Å². The summed E-state index contributed by atoms with van der Waals surface area (Å²) in [7, 11) is 0. The van der Waals surface area contributed by atoms with E-state index in [-0.39, 0.29) is 5.91 Å². The maximum absolute atomic E-state index is 11.9. The van der Waals surface area contributed by atoms with E-state index in [1.165, 1.54) is 17.4 Å². The molecule has 0 spiro atoms. The van der Waals surface area contributed by atoms with Crippen molar-refractivity contribution in [2.45, 2.75) is 13.5 Å². The maximum atomic E-state index is 11.9. The Morgan fingerprint density at radius 1 is 1.30 bits per heavy atom. The fraction of sp³-hybridized carbons (Fsp3) is 0.118. The minimum atomic E-state index is -0.132. The molecule has 0 radical (unpaired) electrons. The van der Waals surface area contributed by atoms with E-state index in [9.17, 15) is 4.79 Å². The highest BCUT2D eigenvalue weighted by atomic mass is 32.1. The van der Waals surface area contributed by atoms with Crippen molar-refractivity contribution in [3.05, 3.63) is 63.6 Å². The standard InChI is InChI=1S/C17H15N3OS2/c1-12-15(23-17(20-12)13-5-3-2-4-6-13)9-18-16(21)8-7-14-10-22-11-19-14/h2-8,10-11H,9H2,1H3,(H,18,21). The smallest absolute Gasteiger partial charge is 0.244 e. The number of rotatable bonds is 5. The zero-order valence-electron chi connectivity index (χ0n) is 12.5. The van der Waals surface area contributed by atoms with Crippen molar-refractivity contribution in [3.63, 3.8) is 0 Å². The van der Waals surface area contributed by atoms with Crippen LogP contribution in [0.4, 0.5) is 0 Å². The third-order valence-corrected chi connectivity index (χ3v) is 5.00. The number of benzene rings is 1. The van der Waals surface area contributed by atoms with E-state index in [0.717, 1.165) is 26.8 Å². The molecule has 0 saturated heterocycles. The number of nitrogens with zero attached hydrogens (tertiary/aromatic N) is 2. The Morgan fingerprint density at radius 3 is 2.87 bits per heavy atom. The molecule has 0 saturated carbocycles. The van der Waals surface area contributed by atoms with Gasteiger partial charge in [-0.1, -0.05) is 30.3 Å². The summed E-state index contributed by atoms with van der Waals surface area (Å²) in [6, 6.07) is 10.1. The van der Waals surface area contributed by atoms with Gasteiger partial charge >= 0.3 is 0 Å². The van der Waals surface area contributed by atoms with E-state index in [1.807, 2.05) is 42.6 Å². The minimum absolute atomic E-state index is 0.132. The average molecular weight is 341 g/mol. The Labute approximate surface area is 142 Å². The van der Waals surface area contributed by atoms with E-state index in [2.05, 4.69) is 15.3 Å². The highest BCUT2D eigenvalue weighted by Crippen LogP contribution is 2.27. The lowest BCUT2D eigenvalue weighted by Crippen LogP contribution is -2.20. The molecule has 0 aliphatic rings. The summed E-state index contributed by atoms with van der Waals surface area (Å²) in [5.41, 5.74) is 4.59. The van der Waals surface area contributed by atoms with Crippen molar-refractivity contribution in [1.29, 1.82) is 0 Å². The predicted molar refractivity (Wildman–Crippen MR) is 95.3 cm³/mol. The van der Waals surface area contributed by atoms with Crippen LogP contribution in [0.25, 0.3) is 16.6 Å². The van der Waals surface area contributed by atoms with E-state index >= 15 is 0 Å². The Morgan fingerprint density at radius 2 is 2.13 bits per heavy atom. The Kier molecular flexibility index (Phi) is 4.95. The highest BCUT2D eigenvalue weighted by Gasteiger charge is 2.09. The van der Waals surface area contributed by atoms with Gasteiger partial charge in [0.2, 0.25) is 5.91 Å². The number of hydrogen-bond donors (Lipinski definition) is 1. The first kappa shape index (κ1) is 15.6. The molecule has 0 aliphatic carbocycles. The maximum Gasteiger partial charge on any atom is 0.244 e. The highest BCUT2D eigenvalue weighted by molar-refractivity contribution is 7.15. The lowest BCUT2D eigenvalue weighted by atomic mass is 10.2. The normalized spacial score (nSPS) is 11.0. The largest absolute Gasteiger partial charge is 0.348 e.